The van der Waals surface area contributed by atoms with Crippen LogP contribution in [0.25, 0.3) is 0 Å². The molecule has 0 saturated heterocycles. The van der Waals surface area contributed by atoms with Crippen molar-refractivity contribution in [1.29, 1.82) is 0 Å². The molecule has 3 aromatic rings. The Bertz CT molecular complexity index is 1160. The highest BCUT2D eigenvalue weighted by Crippen LogP contribution is 2.44. The topological polar surface area (TPSA) is 68.2 Å². The van der Waals surface area contributed by atoms with Crippen LogP contribution in [0.5, 0.6) is 5.75 Å². The molecule has 0 radical (unpaired) electrons. The molecule has 0 bridgehead atoms. The van der Waals surface area contributed by atoms with Crippen molar-refractivity contribution >= 4 is 29.0 Å². The first-order valence-electron chi connectivity index (χ1n) is 9.80. The average molecular weight is 465 g/mol. The van der Waals surface area contributed by atoms with Crippen LogP contribution >= 0.6 is 11.6 Å². The highest BCUT2D eigenvalue weighted by Gasteiger charge is 2.47. The van der Waals surface area contributed by atoms with Crippen molar-refractivity contribution in [2.75, 3.05) is 17.7 Å². The number of nitrogens with zero attached hydrogens (tertiary/aromatic N) is 2. The number of nitrogens with one attached hydrogen (secondary N) is 2. The number of alkyl halides is 3. The Kier molecular flexibility index (Phi) is 5.77. The minimum Gasteiger partial charge on any atom is -0.497 e. The normalized spacial score (nSPS) is 17.9. The van der Waals surface area contributed by atoms with Gasteiger partial charge in [0.2, 0.25) is 0 Å². The maximum Gasteiger partial charge on any atom is 0.410 e. The largest absolute Gasteiger partial charge is 0.497 e. The molecule has 32 heavy (non-hydrogen) atoms. The van der Waals surface area contributed by atoms with Gasteiger partial charge in [-0.2, -0.15) is 18.3 Å². The Labute approximate surface area is 187 Å². The minimum absolute atomic E-state index is 0.00331. The second-order valence-corrected chi connectivity index (χ2v) is 7.89. The molecule has 1 amide bonds. The Morgan fingerprint density at radius 2 is 2.03 bits per heavy atom. The second-order valence-electron chi connectivity index (χ2n) is 7.48. The number of hydrogen-bond acceptors (Lipinski definition) is 4. The second kappa shape index (κ2) is 8.38. The van der Waals surface area contributed by atoms with Crippen LogP contribution < -0.4 is 15.4 Å². The van der Waals surface area contributed by atoms with Gasteiger partial charge in [0.15, 0.2) is 6.04 Å². The average Bonchev–Trinajstić information content (AvgIpc) is 3.19. The third kappa shape index (κ3) is 4.12. The summed E-state index contributed by atoms with van der Waals surface area (Å²) in [6.45, 7) is 1.74. The summed E-state index contributed by atoms with van der Waals surface area (Å²) in [4.78, 5) is 13.0. The molecule has 2 heterocycles. The van der Waals surface area contributed by atoms with E-state index in [0.717, 1.165) is 10.9 Å². The van der Waals surface area contributed by atoms with Crippen LogP contribution in [0.3, 0.4) is 0 Å². The van der Waals surface area contributed by atoms with Gasteiger partial charge in [-0.15, -0.1) is 0 Å². The summed E-state index contributed by atoms with van der Waals surface area (Å²) in [5, 5.41) is 10.1. The van der Waals surface area contributed by atoms with Crippen molar-refractivity contribution in [2.24, 2.45) is 0 Å². The first kappa shape index (κ1) is 22.0. The summed E-state index contributed by atoms with van der Waals surface area (Å²) in [5.41, 5.74) is 1.74. The summed E-state index contributed by atoms with van der Waals surface area (Å²) >= 11 is 6.10. The van der Waals surface area contributed by atoms with Crippen molar-refractivity contribution in [2.45, 2.75) is 31.6 Å². The molecule has 2 atom stereocenters. The van der Waals surface area contributed by atoms with Gasteiger partial charge < -0.3 is 15.4 Å². The highest BCUT2D eigenvalue weighted by molar-refractivity contribution is 6.31. The molecule has 2 N–H and O–H groups in total. The Hall–Kier alpha value is -3.20. The minimum atomic E-state index is -4.54. The number of benzene rings is 2. The maximum atomic E-state index is 13.9. The smallest absolute Gasteiger partial charge is 0.410 e. The number of carbonyl (C=O) groups is 1. The number of halogens is 4. The van der Waals surface area contributed by atoms with Gasteiger partial charge in [0.25, 0.3) is 5.91 Å². The molecule has 0 spiro atoms. The van der Waals surface area contributed by atoms with Gasteiger partial charge in [-0.25, -0.2) is 4.68 Å². The zero-order valence-electron chi connectivity index (χ0n) is 17.2. The summed E-state index contributed by atoms with van der Waals surface area (Å²) in [6.07, 6.45) is -3.68. The van der Waals surface area contributed by atoms with Crippen LogP contribution in [-0.2, 0) is 0 Å². The number of hydrogen-bond donors (Lipinski definition) is 2. The number of fused-ring (bicyclic) bond motifs is 1. The van der Waals surface area contributed by atoms with Crippen molar-refractivity contribution in [3.63, 3.8) is 0 Å². The van der Waals surface area contributed by atoms with E-state index in [2.05, 4.69) is 15.7 Å². The number of amides is 1. The molecule has 168 valence electrons. The van der Waals surface area contributed by atoms with Gasteiger partial charge in [-0.3, -0.25) is 4.79 Å². The number of rotatable bonds is 4. The molecule has 0 aliphatic carbocycles. The Morgan fingerprint density at radius 1 is 1.28 bits per heavy atom. The molecular formula is C22H20ClF3N4O2. The van der Waals surface area contributed by atoms with Gasteiger partial charge in [0, 0.05) is 17.1 Å². The van der Waals surface area contributed by atoms with Crippen LogP contribution in [0.2, 0.25) is 5.02 Å². The lowest BCUT2D eigenvalue weighted by molar-refractivity contribution is -0.173. The van der Waals surface area contributed by atoms with Crippen molar-refractivity contribution in [3.05, 3.63) is 70.4 Å². The third-order valence-electron chi connectivity index (χ3n) is 5.50. The molecule has 1 aliphatic heterocycles. The van der Waals surface area contributed by atoms with E-state index in [4.69, 9.17) is 16.3 Å². The zero-order valence-corrected chi connectivity index (χ0v) is 18.0. The highest BCUT2D eigenvalue weighted by atomic mass is 35.5. The van der Waals surface area contributed by atoms with Crippen LogP contribution in [0.1, 0.15) is 40.0 Å². The van der Waals surface area contributed by atoms with Crippen molar-refractivity contribution in [3.8, 4) is 5.75 Å². The molecule has 0 fully saturated rings. The molecule has 2 aromatic carbocycles. The first-order chi connectivity index (χ1) is 15.2. The monoisotopic (exact) mass is 464 g/mol. The van der Waals surface area contributed by atoms with Gasteiger partial charge in [0.1, 0.15) is 17.1 Å². The fourth-order valence-electron chi connectivity index (χ4n) is 3.74. The number of anilines is 2. The fraction of sp³-hybridized carbons (Fsp3) is 0.273. The van der Waals surface area contributed by atoms with Gasteiger partial charge in [-0.05, 0) is 42.3 Å². The SMILES string of the molecule is COc1cccc([C@H]2C[C@H](C(F)(F)F)n3ncc(C(=O)Nc4cccc(Cl)c4C)c3N2)c1. The van der Waals surface area contributed by atoms with E-state index in [1.54, 1.807) is 49.4 Å². The summed E-state index contributed by atoms with van der Waals surface area (Å²) in [6, 6.07) is 9.26. The molecule has 0 saturated carbocycles. The van der Waals surface area contributed by atoms with Crippen molar-refractivity contribution in [1.82, 2.24) is 9.78 Å². The summed E-state index contributed by atoms with van der Waals surface area (Å²) in [5.74, 6) is -0.0544. The van der Waals surface area contributed by atoms with E-state index in [1.165, 1.54) is 7.11 Å². The lowest BCUT2D eigenvalue weighted by Gasteiger charge is -2.34. The molecule has 10 heteroatoms. The zero-order chi connectivity index (χ0) is 23.0. The quantitative estimate of drug-likeness (QED) is 0.514. The molecular weight excluding hydrogens is 445 g/mol. The van der Waals surface area contributed by atoms with Crippen molar-refractivity contribution < 1.29 is 22.7 Å². The maximum absolute atomic E-state index is 13.9. The van der Waals surface area contributed by atoms with Crippen LogP contribution in [0, 0.1) is 6.92 Å². The van der Waals surface area contributed by atoms with E-state index in [-0.39, 0.29) is 17.8 Å². The van der Waals surface area contributed by atoms with Crippen LogP contribution in [0.15, 0.2) is 48.7 Å². The first-order valence-corrected chi connectivity index (χ1v) is 10.2. The number of methoxy groups -OCH3 is 1. The van der Waals surface area contributed by atoms with E-state index >= 15 is 0 Å². The summed E-state index contributed by atoms with van der Waals surface area (Å²) in [7, 11) is 1.49. The van der Waals surface area contributed by atoms with Gasteiger partial charge >= 0.3 is 6.18 Å². The number of ether oxygens (including phenoxy) is 1. The van der Waals surface area contributed by atoms with E-state index in [9.17, 15) is 18.0 Å². The van der Waals surface area contributed by atoms with E-state index in [0.29, 0.717) is 27.6 Å². The van der Waals surface area contributed by atoms with Gasteiger partial charge in [0.05, 0.1) is 19.3 Å². The Morgan fingerprint density at radius 3 is 2.75 bits per heavy atom. The number of carbonyl (C=O) groups excluding carboxylic acids is 1. The standard InChI is InChI=1S/C22H20ClF3N4O2/c1-12-16(23)7-4-8-17(12)29-21(31)15-11-27-30-19(22(24,25)26)10-18(28-20(15)30)13-5-3-6-14(9-13)32-2/h3-9,11,18-19,28H,10H2,1-2H3,(H,29,31)/t18-,19-/m1/s1. The predicted octanol–water partition coefficient (Wildman–Crippen LogP) is 5.77. The Balaban J connectivity index is 1.71. The fourth-order valence-corrected chi connectivity index (χ4v) is 3.91. The van der Waals surface area contributed by atoms with Crippen LogP contribution in [-0.4, -0.2) is 29.0 Å². The lowest BCUT2D eigenvalue weighted by atomic mass is 9.96. The van der Waals surface area contributed by atoms with Gasteiger partial charge in [-0.1, -0.05) is 29.8 Å². The van der Waals surface area contributed by atoms with E-state index < -0.39 is 24.2 Å². The number of aromatic nitrogens is 2. The molecule has 0 unspecified atom stereocenters. The molecule has 6 nitrogen and oxygen atoms in total. The lowest BCUT2D eigenvalue weighted by Crippen LogP contribution is -2.36. The molecule has 1 aliphatic rings. The predicted molar refractivity (Wildman–Crippen MR) is 115 cm³/mol. The molecule has 4 rings (SSSR count). The van der Waals surface area contributed by atoms with E-state index in [1.807, 2.05) is 0 Å². The molecule has 1 aromatic heterocycles. The third-order valence-corrected chi connectivity index (χ3v) is 5.90. The summed E-state index contributed by atoms with van der Waals surface area (Å²) < 4.78 is 47.7. The van der Waals surface area contributed by atoms with Crippen LogP contribution in [0.4, 0.5) is 24.7 Å².